The van der Waals surface area contributed by atoms with Gasteiger partial charge in [-0.2, -0.15) is 0 Å². The molecule has 3 heterocycles. The number of carbonyl (C=O) groups is 1. The van der Waals surface area contributed by atoms with E-state index in [9.17, 15) is 13.2 Å². The fourth-order valence-corrected chi connectivity index (χ4v) is 6.90. The zero-order valence-electron chi connectivity index (χ0n) is 21.0. The number of thiazole rings is 1. The van der Waals surface area contributed by atoms with Gasteiger partial charge in [-0.15, -0.1) is 11.3 Å². The van der Waals surface area contributed by atoms with Crippen LogP contribution in [-0.2, 0) is 30.8 Å². The van der Waals surface area contributed by atoms with Crippen LogP contribution in [0.4, 0.5) is 5.13 Å². The Morgan fingerprint density at radius 1 is 1.19 bits per heavy atom. The van der Waals surface area contributed by atoms with Gasteiger partial charge in [0.15, 0.2) is 26.8 Å². The summed E-state index contributed by atoms with van der Waals surface area (Å²) in [5.41, 5.74) is 0.534. The third-order valence-corrected chi connectivity index (χ3v) is 9.96. The highest BCUT2D eigenvalue weighted by Crippen LogP contribution is 2.33. The topological polar surface area (TPSA) is 113 Å². The van der Waals surface area contributed by atoms with E-state index in [1.165, 1.54) is 23.5 Å². The molecule has 1 saturated carbocycles. The highest BCUT2D eigenvalue weighted by molar-refractivity contribution is 7.92. The van der Waals surface area contributed by atoms with Gasteiger partial charge in [0.1, 0.15) is 0 Å². The smallest absolute Gasteiger partial charge is 0.280 e. The molecule has 37 heavy (non-hydrogen) atoms. The number of carbonyl (C=O) groups excluding carboxylic acids is 1. The largest absolute Gasteiger partial charge is 0.389 e. The highest BCUT2D eigenvalue weighted by atomic mass is 32.2. The Hall–Kier alpha value is -2.38. The maximum Gasteiger partial charge on any atom is 0.280 e. The molecule has 10 nitrogen and oxygen atoms in total. The fourth-order valence-electron chi connectivity index (χ4n) is 4.39. The van der Waals surface area contributed by atoms with Crippen LogP contribution in [0.15, 0.2) is 40.5 Å². The predicted molar refractivity (Wildman–Crippen MR) is 142 cm³/mol. The van der Waals surface area contributed by atoms with E-state index >= 15 is 0 Å². The monoisotopic (exact) mass is 547 g/mol. The minimum Gasteiger partial charge on any atom is -0.389 e. The van der Waals surface area contributed by atoms with Crippen molar-refractivity contribution in [3.63, 3.8) is 0 Å². The quantitative estimate of drug-likeness (QED) is 0.376. The Morgan fingerprint density at radius 2 is 2.00 bits per heavy atom. The molecule has 3 aliphatic rings. The first kappa shape index (κ1) is 26.2. The van der Waals surface area contributed by atoms with Gasteiger partial charge < -0.3 is 14.5 Å². The summed E-state index contributed by atoms with van der Waals surface area (Å²) < 4.78 is 30.5. The summed E-state index contributed by atoms with van der Waals surface area (Å²) in [6.07, 6.45) is 4.79. The summed E-state index contributed by atoms with van der Waals surface area (Å²) in [5.74, 6) is -0.464. The van der Waals surface area contributed by atoms with Crippen LogP contribution in [0.5, 0.6) is 0 Å². The average Bonchev–Trinajstić information content (AvgIpc) is 3.53. The number of rotatable bonds is 9. The van der Waals surface area contributed by atoms with Crippen molar-refractivity contribution in [2.24, 2.45) is 5.16 Å². The molecule has 1 aromatic carbocycles. The van der Waals surface area contributed by atoms with Crippen LogP contribution in [0.2, 0.25) is 0 Å². The summed E-state index contributed by atoms with van der Waals surface area (Å²) in [7, 11) is -1.18. The molecular formula is C25H33N5O5S2. The van der Waals surface area contributed by atoms with E-state index in [1.54, 1.807) is 18.3 Å². The zero-order valence-corrected chi connectivity index (χ0v) is 22.6. The number of benzene rings is 1. The van der Waals surface area contributed by atoms with Crippen molar-refractivity contribution in [2.75, 3.05) is 51.8 Å². The molecule has 2 aliphatic heterocycles. The number of hydrogen-bond acceptors (Lipinski definition) is 10. The maximum absolute atomic E-state index is 13.3. The Kier molecular flexibility index (Phi) is 8.20. The third-order valence-electron chi connectivity index (χ3n) is 6.78. The Morgan fingerprint density at radius 3 is 2.73 bits per heavy atom. The fraction of sp³-hybridized carbons (Fsp3) is 0.560. The number of oxime groups is 1. The second-order valence-corrected chi connectivity index (χ2v) is 13.2. The van der Waals surface area contributed by atoms with Crippen LogP contribution in [0.3, 0.4) is 0 Å². The van der Waals surface area contributed by atoms with E-state index in [1.807, 2.05) is 0 Å². The first-order valence-corrected chi connectivity index (χ1v) is 15.1. The maximum atomic E-state index is 13.3. The molecule has 200 valence electrons. The summed E-state index contributed by atoms with van der Waals surface area (Å²) in [6.45, 7) is 5.98. The molecule has 1 amide bonds. The van der Waals surface area contributed by atoms with E-state index in [0.29, 0.717) is 43.2 Å². The standard InChI is InChI=1S/C25H33N5O5S2/c1-29-10-2-11-30(13-12-29)16-20-15-26-25(36-20)27-24(31)23(28-35-19-9-14-34-17-19)18-3-5-21(6-4-18)37(32,33)22-7-8-22/h3-6,15,19,22H,2,7-14,16-17H2,1H3,(H,26,27,31)/b28-23+/t19-/m1/s1. The third kappa shape index (κ3) is 6.74. The first-order chi connectivity index (χ1) is 17.9. The van der Waals surface area contributed by atoms with Crippen molar-refractivity contribution in [1.29, 1.82) is 0 Å². The molecule has 0 spiro atoms. The number of sulfone groups is 1. The number of nitrogens with zero attached hydrogens (tertiary/aromatic N) is 4. The number of hydrogen-bond donors (Lipinski definition) is 1. The van der Waals surface area contributed by atoms with Gasteiger partial charge in [0.05, 0.1) is 23.4 Å². The number of aromatic nitrogens is 1. The Labute approximate surface area is 221 Å². The molecule has 3 fully saturated rings. The normalized spacial score (nSPS) is 22.1. The predicted octanol–water partition coefficient (Wildman–Crippen LogP) is 2.37. The van der Waals surface area contributed by atoms with Crippen molar-refractivity contribution in [3.05, 3.63) is 40.9 Å². The van der Waals surface area contributed by atoms with E-state index in [4.69, 9.17) is 9.57 Å². The van der Waals surface area contributed by atoms with E-state index in [2.05, 4.69) is 32.3 Å². The summed E-state index contributed by atoms with van der Waals surface area (Å²) in [4.78, 5) is 29.4. The molecule has 1 atom stereocenters. The van der Waals surface area contributed by atoms with Crippen molar-refractivity contribution < 1.29 is 22.8 Å². The lowest BCUT2D eigenvalue weighted by atomic mass is 10.1. The van der Waals surface area contributed by atoms with Gasteiger partial charge in [-0.25, -0.2) is 13.4 Å². The van der Waals surface area contributed by atoms with Gasteiger partial charge in [-0.3, -0.25) is 15.0 Å². The van der Waals surface area contributed by atoms with Crippen LogP contribution in [0.25, 0.3) is 0 Å². The number of nitrogens with one attached hydrogen (secondary N) is 1. The van der Waals surface area contributed by atoms with Crippen molar-refractivity contribution in [1.82, 2.24) is 14.8 Å². The van der Waals surface area contributed by atoms with Gasteiger partial charge in [0, 0.05) is 42.7 Å². The van der Waals surface area contributed by atoms with Gasteiger partial charge in [0.2, 0.25) is 0 Å². The molecule has 0 unspecified atom stereocenters. The van der Waals surface area contributed by atoms with Crippen LogP contribution in [-0.4, -0.2) is 92.6 Å². The Balaban J connectivity index is 1.29. The number of amides is 1. The van der Waals surface area contributed by atoms with E-state index in [0.717, 1.165) is 44.0 Å². The van der Waals surface area contributed by atoms with E-state index in [-0.39, 0.29) is 22.0 Å². The van der Waals surface area contributed by atoms with Gasteiger partial charge in [-0.05, 0) is 51.5 Å². The second kappa shape index (κ2) is 11.6. The van der Waals surface area contributed by atoms with Crippen molar-refractivity contribution in [3.8, 4) is 0 Å². The highest BCUT2D eigenvalue weighted by Gasteiger charge is 2.36. The van der Waals surface area contributed by atoms with E-state index < -0.39 is 15.7 Å². The molecule has 1 aliphatic carbocycles. The lowest BCUT2D eigenvalue weighted by Gasteiger charge is -2.18. The number of likely N-dealkylation sites (N-methyl/N-ethyl adjacent to an activating group) is 1. The van der Waals surface area contributed by atoms with Crippen molar-refractivity contribution >= 4 is 37.9 Å². The average molecular weight is 548 g/mol. The SMILES string of the molecule is CN1CCCN(Cc2cnc(NC(=O)/C(=N/O[C@@H]3CCOC3)c3ccc(S(=O)(=O)C4CC4)cc3)s2)CC1. The van der Waals surface area contributed by atoms with Crippen LogP contribution in [0.1, 0.15) is 36.1 Å². The molecule has 2 saturated heterocycles. The Bertz CT molecular complexity index is 1220. The zero-order chi connectivity index (χ0) is 25.8. The lowest BCUT2D eigenvalue weighted by molar-refractivity contribution is -0.110. The number of anilines is 1. The first-order valence-electron chi connectivity index (χ1n) is 12.7. The molecule has 0 bridgehead atoms. The lowest BCUT2D eigenvalue weighted by Crippen LogP contribution is -2.28. The van der Waals surface area contributed by atoms with Crippen LogP contribution >= 0.6 is 11.3 Å². The summed E-state index contributed by atoms with van der Waals surface area (Å²) in [5, 5.41) is 7.20. The molecule has 0 radical (unpaired) electrons. The molecule has 12 heteroatoms. The van der Waals surface area contributed by atoms with Gasteiger partial charge in [-0.1, -0.05) is 17.3 Å². The molecule has 1 N–H and O–H groups in total. The number of ether oxygens (including phenoxy) is 1. The van der Waals surface area contributed by atoms with Crippen LogP contribution in [0, 0.1) is 0 Å². The molecule has 1 aromatic heterocycles. The molecule has 5 rings (SSSR count). The summed E-state index contributed by atoms with van der Waals surface area (Å²) >= 11 is 1.44. The van der Waals surface area contributed by atoms with Gasteiger partial charge in [0.25, 0.3) is 5.91 Å². The summed E-state index contributed by atoms with van der Waals surface area (Å²) in [6, 6.07) is 6.27. The van der Waals surface area contributed by atoms with Gasteiger partial charge >= 0.3 is 0 Å². The minimum atomic E-state index is -3.32. The second-order valence-electron chi connectivity index (χ2n) is 9.82. The van der Waals surface area contributed by atoms with Crippen molar-refractivity contribution in [2.45, 2.75) is 48.5 Å². The van der Waals surface area contributed by atoms with Crippen LogP contribution < -0.4 is 5.32 Å². The minimum absolute atomic E-state index is 0.0644. The molecule has 2 aromatic rings. The molecular weight excluding hydrogens is 514 g/mol.